The van der Waals surface area contributed by atoms with E-state index in [2.05, 4.69) is 10.3 Å². The number of nitrogens with zero attached hydrogens (tertiary/aromatic N) is 1. The molecule has 0 amide bonds. The number of aromatic nitrogens is 1. The topological polar surface area (TPSA) is 73.6 Å². The van der Waals surface area contributed by atoms with E-state index in [9.17, 15) is 4.79 Å². The molecule has 3 aromatic rings. The van der Waals surface area contributed by atoms with Crippen LogP contribution in [0.15, 0.2) is 64.1 Å². The van der Waals surface area contributed by atoms with Gasteiger partial charge < -0.3 is 19.2 Å². The monoisotopic (exact) mass is 398 g/mol. The highest BCUT2D eigenvalue weighted by Crippen LogP contribution is 2.25. The molecule has 0 bridgehead atoms. The Morgan fingerprint density at radius 2 is 2.00 bits per heavy atom. The molecule has 0 atom stereocenters. The van der Waals surface area contributed by atoms with Crippen molar-refractivity contribution in [2.45, 2.75) is 18.4 Å². The summed E-state index contributed by atoms with van der Waals surface area (Å²) in [6.07, 6.45) is 1.62. The third-order valence-corrected chi connectivity index (χ3v) is 4.89. The van der Waals surface area contributed by atoms with E-state index in [1.165, 1.54) is 11.8 Å². The van der Waals surface area contributed by atoms with Crippen molar-refractivity contribution in [3.8, 4) is 17.3 Å². The molecule has 6 nitrogen and oxygen atoms in total. The van der Waals surface area contributed by atoms with Crippen molar-refractivity contribution in [3.05, 3.63) is 60.4 Å². The van der Waals surface area contributed by atoms with Gasteiger partial charge in [-0.15, -0.1) is 11.8 Å². The molecule has 0 aliphatic carbocycles. The maximum absolute atomic E-state index is 11.4. The summed E-state index contributed by atoms with van der Waals surface area (Å²) in [7, 11) is 1.60. The zero-order valence-electron chi connectivity index (χ0n) is 15.8. The molecule has 7 heteroatoms. The molecule has 0 saturated carbocycles. The predicted octanol–water partition coefficient (Wildman–Crippen LogP) is 4.62. The maximum Gasteiger partial charge on any atom is 0.316 e. The molecule has 0 spiro atoms. The zero-order chi connectivity index (χ0) is 19.8. The minimum absolute atomic E-state index is 0.202. The van der Waals surface area contributed by atoms with E-state index < -0.39 is 0 Å². The minimum atomic E-state index is -0.202. The van der Waals surface area contributed by atoms with E-state index in [4.69, 9.17) is 13.9 Å². The average Bonchev–Trinajstić information content (AvgIpc) is 3.26. The van der Waals surface area contributed by atoms with Gasteiger partial charge in [0.15, 0.2) is 5.76 Å². The second kappa shape index (κ2) is 9.85. The van der Waals surface area contributed by atoms with Crippen molar-refractivity contribution in [2.75, 3.05) is 24.8 Å². The first-order chi connectivity index (χ1) is 13.7. The number of nitrogens with one attached hydrogen (secondary N) is 1. The summed E-state index contributed by atoms with van der Waals surface area (Å²) in [4.78, 5) is 17.0. The Morgan fingerprint density at radius 3 is 2.68 bits per heavy atom. The molecule has 2 aromatic heterocycles. The smallest absolute Gasteiger partial charge is 0.316 e. The number of carbonyl (C=O) groups is 1. The lowest BCUT2D eigenvalue weighted by molar-refractivity contribution is -0.139. The van der Waals surface area contributed by atoms with E-state index in [1.54, 1.807) is 20.3 Å². The van der Waals surface area contributed by atoms with Gasteiger partial charge in [-0.05, 0) is 55.5 Å². The fourth-order valence-corrected chi connectivity index (χ4v) is 3.25. The number of thioether (sulfide) groups is 1. The fourth-order valence-electron chi connectivity index (χ4n) is 2.55. The third-order valence-electron chi connectivity index (χ3n) is 3.91. The normalized spacial score (nSPS) is 10.5. The number of ether oxygens (including phenoxy) is 2. The van der Waals surface area contributed by atoms with E-state index in [-0.39, 0.29) is 5.97 Å². The van der Waals surface area contributed by atoms with Crippen LogP contribution in [0.4, 0.5) is 5.69 Å². The number of carbonyl (C=O) groups excluding carboxylic acids is 1. The molecule has 0 aliphatic heterocycles. The molecule has 1 aromatic carbocycles. The first kappa shape index (κ1) is 19.8. The molecule has 1 N–H and O–H groups in total. The minimum Gasteiger partial charge on any atom is -0.481 e. The second-order valence-corrected chi connectivity index (χ2v) is 6.86. The van der Waals surface area contributed by atoms with E-state index in [1.807, 2.05) is 48.5 Å². The molecule has 0 radical (unpaired) electrons. The van der Waals surface area contributed by atoms with E-state index in [0.29, 0.717) is 30.5 Å². The van der Waals surface area contributed by atoms with Crippen LogP contribution in [0.1, 0.15) is 12.5 Å². The van der Waals surface area contributed by atoms with Crippen molar-refractivity contribution in [1.29, 1.82) is 0 Å². The number of hydrogen-bond donors (Lipinski definition) is 1. The highest BCUT2D eigenvalue weighted by atomic mass is 32.2. The highest BCUT2D eigenvalue weighted by Gasteiger charge is 2.10. The third kappa shape index (κ3) is 5.29. The van der Waals surface area contributed by atoms with Gasteiger partial charge in [0.05, 0.1) is 25.7 Å². The van der Waals surface area contributed by atoms with Crippen LogP contribution in [-0.4, -0.2) is 30.4 Å². The van der Waals surface area contributed by atoms with Gasteiger partial charge in [0, 0.05) is 22.7 Å². The lowest BCUT2D eigenvalue weighted by Crippen LogP contribution is -2.06. The Balaban J connectivity index is 1.58. The van der Waals surface area contributed by atoms with Gasteiger partial charge in [-0.2, -0.15) is 0 Å². The highest BCUT2D eigenvalue weighted by molar-refractivity contribution is 8.00. The average molecular weight is 398 g/mol. The molecule has 2 heterocycles. The van der Waals surface area contributed by atoms with Crippen LogP contribution in [0.2, 0.25) is 0 Å². The number of furan rings is 1. The van der Waals surface area contributed by atoms with Gasteiger partial charge in [-0.1, -0.05) is 0 Å². The molecular formula is C21H22N2O4S. The van der Waals surface area contributed by atoms with Crippen molar-refractivity contribution in [2.24, 2.45) is 0 Å². The number of hydrogen-bond acceptors (Lipinski definition) is 7. The first-order valence-corrected chi connectivity index (χ1v) is 9.88. The Bertz CT molecular complexity index is 895. The van der Waals surface area contributed by atoms with Crippen molar-refractivity contribution < 1.29 is 18.7 Å². The quantitative estimate of drug-likeness (QED) is 0.416. The van der Waals surface area contributed by atoms with Crippen LogP contribution in [0.25, 0.3) is 11.5 Å². The van der Waals surface area contributed by atoms with Gasteiger partial charge in [-0.25, -0.2) is 4.98 Å². The molecule has 0 unspecified atom stereocenters. The summed E-state index contributed by atoms with van der Waals surface area (Å²) < 4.78 is 15.7. The van der Waals surface area contributed by atoms with E-state index in [0.717, 1.165) is 21.8 Å². The maximum atomic E-state index is 11.4. The second-order valence-electron chi connectivity index (χ2n) is 5.81. The first-order valence-electron chi connectivity index (χ1n) is 8.89. The predicted molar refractivity (Wildman–Crippen MR) is 110 cm³/mol. The number of rotatable bonds is 9. The fraction of sp³-hybridized carbons (Fsp3) is 0.238. The molecule has 0 fully saturated rings. The Hall–Kier alpha value is -2.93. The van der Waals surface area contributed by atoms with Crippen LogP contribution >= 0.6 is 11.8 Å². The number of esters is 1. The van der Waals surface area contributed by atoms with Gasteiger partial charge in [0.1, 0.15) is 5.69 Å². The van der Waals surface area contributed by atoms with Crippen molar-refractivity contribution in [1.82, 2.24) is 4.98 Å². The Kier molecular flexibility index (Phi) is 6.97. The van der Waals surface area contributed by atoms with Crippen LogP contribution < -0.4 is 10.1 Å². The van der Waals surface area contributed by atoms with Crippen molar-refractivity contribution in [3.63, 3.8) is 0 Å². The molecular weight excluding hydrogens is 376 g/mol. The van der Waals surface area contributed by atoms with Crippen LogP contribution in [0.3, 0.4) is 0 Å². The standard InChI is InChI=1S/C21H22N2O4S/c1-3-26-20(24)14-28-17-9-7-16(8-10-17)22-13-15-6-11-18(23-21(15)25-2)19-5-4-12-27-19/h4-12,22H,3,13-14H2,1-2H3. The lowest BCUT2D eigenvalue weighted by atomic mass is 10.2. The van der Waals surface area contributed by atoms with Gasteiger partial charge in [0.25, 0.3) is 0 Å². The number of benzene rings is 1. The molecule has 146 valence electrons. The summed E-state index contributed by atoms with van der Waals surface area (Å²) in [5.74, 6) is 1.37. The summed E-state index contributed by atoms with van der Waals surface area (Å²) in [6.45, 7) is 2.78. The molecule has 28 heavy (non-hydrogen) atoms. The van der Waals surface area contributed by atoms with Crippen LogP contribution in [0.5, 0.6) is 5.88 Å². The summed E-state index contributed by atoms with van der Waals surface area (Å²) in [6, 6.07) is 15.5. The SMILES string of the molecule is CCOC(=O)CSc1ccc(NCc2ccc(-c3ccco3)nc2OC)cc1. The zero-order valence-corrected chi connectivity index (χ0v) is 16.6. The van der Waals surface area contributed by atoms with Crippen LogP contribution in [-0.2, 0) is 16.1 Å². The number of methoxy groups -OCH3 is 1. The summed E-state index contributed by atoms with van der Waals surface area (Å²) in [5, 5.41) is 3.36. The largest absolute Gasteiger partial charge is 0.481 e. The lowest BCUT2D eigenvalue weighted by Gasteiger charge is -2.11. The van der Waals surface area contributed by atoms with Gasteiger partial charge >= 0.3 is 5.97 Å². The number of pyridine rings is 1. The Labute approximate surface area is 168 Å². The van der Waals surface area contributed by atoms with Crippen LogP contribution in [0, 0.1) is 0 Å². The molecule has 0 aliphatic rings. The number of anilines is 1. The van der Waals surface area contributed by atoms with E-state index >= 15 is 0 Å². The molecule has 3 rings (SSSR count). The summed E-state index contributed by atoms with van der Waals surface area (Å²) in [5.41, 5.74) is 2.64. The van der Waals surface area contributed by atoms with Gasteiger partial charge in [0.2, 0.25) is 5.88 Å². The molecule has 0 saturated heterocycles. The van der Waals surface area contributed by atoms with Gasteiger partial charge in [-0.3, -0.25) is 4.79 Å². The van der Waals surface area contributed by atoms with Crippen molar-refractivity contribution >= 4 is 23.4 Å². The summed E-state index contributed by atoms with van der Waals surface area (Å²) >= 11 is 1.46. The Morgan fingerprint density at radius 1 is 1.18 bits per heavy atom.